The summed E-state index contributed by atoms with van der Waals surface area (Å²) < 4.78 is 7.29. The summed E-state index contributed by atoms with van der Waals surface area (Å²) in [4.78, 5) is 24.8. The van der Waals surface area contributed by atoms with Crippen molar-refractivity contribution in [3.8, 4) is 0 Å². The van der Waals surface area contributed by atoms with E-state index in [9.17, 15) is 9.59 Å². The molecule has 2 aromatic heterocycles. The van der Waals surface area contributed by atoms with Crippen LogP contribution in [0, 0.1) is 0 Å². The highest BCUT2D eigenvalue weighted by atomic mass is 32.1. The fourth-order valence-electron chi connectivity index (χ4n) is 2.43. The van der Waals surface area contributed by atoms with Gasteiger partial charge < -0.3 is 15.0 Å². The van der Waals surface area contributed by atoms with Crippen LogP contribution in [0.2, 0.25) is 0 Å². The van der Waals surface area contributed by atoms with Crippen molar-refractivity contribution in [2.45, 2.75) is 6.92 Å². The summed E-state index contributed by atoms with van der Waals surface area (Å²) >= 11 is 1.21. The minimum absolute atomic E-state index is 0.201. The van der Waals surface area contributed by atoms with Crippen LogP contribution in [0.1, 0.15) is 16.6 Å². The van der Waals surface area contributed by atoms with E-state index >= 15 is 0 Å². The molecule has 2 heterocycles. The molecule has 0 saturated heterocycles. The Kier molecular flexibility index (Phi) is 3.17. The van der Waals surface area contributed by atoms with Crippen LogP contribution in [0.5, 0.6) is 0 Å². The van der Waals surface area contributed by atoms with E-state index in [0.29, 0.717) is 10.3 Å². The van der Waals surface area contributed by atoms with E-state index in [1.165, 1.54) is 11.3 Å². The first-order chi connectivity index (χ1) is 10.1. The molecule has 6 heteroatoms. The third-order valence-electron chi connectivity index (χ3n) is 3.43. The van der Waals surface area contributed by atoms with Crippen LogP contribution in [0.25, 0.3) is 21.0 Å². The summed E-state index contributed by atoms with van der Waals surface area (Å²) in [6, 6.07) is 7.56. The van der Waals surface area contributed by atoms with Crippen LogP contribution in [-0.2, 0) is 11.8 Å². The molecule has 0 aliphatic carbocycles. The molecular weight excluding hydrogens is 288 g/mol. The Morgan fingerprint density at radius 2 is 2.10 bits per heavy atom. The molecule has 0 radical (unpaired) electrons. The fraction of sp³-hybridized carbons (Fsp3) is 0.200. The molecule has 0 atom stereocenters. The van der Waals surface area contributed by atoms with Crippen molar-refractivity contribution < 1.29 is 9.53 Å². The van der Waals surface area contributed by atoms with Gasteiger partial charge in [0.25, 0.3) is 5.56 Å². The van der Waals surface area contributed by atoms with Crippen LogP contribution >= 0.6 is 11.3 Å². The SMILES string of the molecule is CCOC(=O)c1sc2c(c1N)c(=O)n(C)c1ccccc21. The maximum atomic E-state index is 12.5. The van der Waals surface area contributed by atoms with Crippen LogP contribution in [0.3, 0.4) is 0 Å². The molecule has 0 aliphatic rings. The standard InChI is InChI=1S/C15H14N2O3S/c1-3-20-15(19)13-11(16)10-12(21-13)8-6-4-5-7-9(8)17(2)14(10)18/h4-7H,3,16H2,1-2H3. The molecule has 5 nitrogen and oxygen atoms in total. The average molecular weight is 302 g/mol. The normalized spacial score (nSPS) is 11.1. The lowest BCUT2D eigenvalue weighted by atomic mass is 10.1. The van der Waals surface area contributed by atoms with Gasteiger partial charge in [0, 0.05) is 12.4 Å². The van der Waals surface area contributed by atoms with Gasteiger partial charge in [0.2, 0.25) is 0 Å². The van der Waals surface area contributed by atoms with Crippen LogP contribution in [0.4, 0.5) is 5.69 Å². The molecule has 0 unspecified atom stereocenters. The summed E-state index contributed by atoms with van der Waals surface area (Å²) in [6.45, 7) is 2.00. The first kappa shape index (κ1) is 13.6. The number of nitrogens with zero attached hydrogens (tertiary/aromatic N) is 1. The van der Waals surface area contributed by atoms with Gasteiger partial charge in [-0.15, -0.1) is 11.3 Å². The number of aromatic nitrogens is 1. The molecule has 0 aliphatic heterocycles. The highest BCUT2D eigenvalue weighted by Crippen LogP contribution is 2.36. The lowest BCUT2D eigenvalue weighted by molar-refractivity contribution is 0.0533. The fourth-order valence-corrected chi connectivity index (χ4v) is 3.57. The van der Waals surface area contributed by atoms with E-state index < -0.39 is 5.97 Å². The number of ether oxygens (including phenoxy) is 1. The summed E-state index contributed by atoms with van der Waals surface area (Å²) in [5.74, 6) is -0.484. The number of pyridine rings is 1. The lowest BCUT2D eigenvalue weighted by Gasteiger charge is -2.05. The number of rotatable bonds is 2. The molecule has 108 valence electrons. The number of nitrogen functional groups attached to an aromatic ring is 1. The zero-order chi connectivity index (χ0) is 15.1. The van der Waals surface area contributed by atoms with Crippen molar-refractivity contribution in [1.82, 2.24) is 4.57 Å². The Bertz CT molecular complexity index is 924. The zero-order valence-corrected chi connectivity index (χ0v) is 12.5. The van der Waals surface area contributed by atoms with Gasteiger partial charge >= 0.3 is 5.97 Å². The van der Waals surface area contributed by atoms with E-state index in [2.05, 4.69) is 0 Å². The van der Waals surface area contributed by atoms with Crippen molar-refractivity contribution >= 4 is 44.0 Å². The Labute approximate surface area is 124 Å². The van der Waals surface area contributed by atoms with Crippen molar-refractivity contribution in [1.29, 1.82) is 0 Å². The Balaban J connectivity index is 2.47. The number of anilines is 1. The molecule has 2 N–H and O–H groups in total. The first-order valence-corrected chi connectivity index (χ1v) is 7.34. The van der Waals surface area contributed by atoms with E-state index in [0.717, 1.165) is 15.6 Å². The van der Waals surface area contributed by atoms with Gasteiger partial charge in [-0.1, -0.05) is 18.2 Å². The number of benzene rings is 1. The number of esters is 1. The van der Waals surface area contributed by atoms with E-state index in [1.807, 2.05) is 24.3 Å². The van der Waals surface area contributed by atoms with Crippen molar-refractivity contribution in [3.63, 3.8) is 0 Å². The Hall–Kier alpha value is -2.34. The second kappa shape index (κ2) is 4.89. The van der Waals surface area contributed by atoms with Gasteiger partial charge in [-0.3, -0.25) is 4.79 Å². The van der Waals surface area contributed by atoms with E-state index in [4.69, 9.17) is 10.5 Å². The van der Waals surface area contributed by atoms with E-state index in [-0.39, 0.29) is 17.9 Å². The predicted octanol–water partition coefficient (Wildman–Crippen LogP) is 2.51. The lowest BCUT2D eigenvalue weighted by Crippen LogP contribution is -2.17. The third kappa shape index (κ3) is 1.91. The first-order valence-electron chi connectivity index (χ1n) is 6.53. The smallest absolute Gasteiger partial charge is 0.350 e. The second-order valence-electron chi connectivity index (χ2n) is 4.65. The molecule has 3 aromatic rings. The summed E-state index contributed by atoms with van der Waals surface area (Å²) in [7, 11) is 1.70. The quantitative estimate of drug-likeness (QED) is 0.738. The highest BCUT2D eigenvalue weighted by molar-refractivity contribution is 7.22. The molecule has 3 rings (SSSR count). The molecule has 0 amide bonds. The van der Waals surface area contributed by atoms with Crippen molar-refractivity contribution in [2.75, 3.05) is 12.3 Å². The minimum Gasteiger partial charge on any atom is -0.462 e. The number of hydrogen-bond acceptors (Lipinski definition) is 5. The van der Waals surface area contributed by atoms with Crippen molar-refractivity contribution in [2.24, 2.45) is 7.05 Å². The van der Waals surface area contributed by atoms with Gasteiger partial charge in [-0.2, -0.15) is 0 Å². The maximum absolute atomic E-state index is 12.5. The van der Waals surface area contributed by atoms with Crippen LogP contribution < -0.4 is 11.3 Å². The van der Waals surface area contributed by atoms with Gasteiger partial charge in [-0.05, 0) is 13.0 Å². The summed E-state index contributed by atoms with van der Waals surface area (Å²) in [5, 5.41) is 1.30. The molecule has 0 spiro atoms. The highest BCUT2D eigenvalue weighted by Gasteiger charge is 2.22. The van der Waals surface area contributed by atoms with Gasteiger partial charge in [0.15, 0.2) is 0 Å². The predicted molar refractivity (Wildman–Crippen MR) is 84.9 cm³/mol. The second-order valence-corrected chi connectivity index (χ2v) is 5.67. The van der Waals surface area contributed by atoms with E-state index in [1.54, 1.807) is 18.5 Å². The molecular formula is C15H14N2O3S. The number of nitrogens with two attached hydrogens (primary N) is 1. The Morgan fingerprint density at radius 3 is 2.81 bits per heavy atom. The average Bonchev–Trinajstić information content (AvgIpc) is 2.83. The molecule has 21 heavy (non-hydrogen) atoms. The number of carbonyl (C=O) groups is 1. The maximum Gasteiger partial charge on any atom is 0.350 e. The number of thiophene rings is 1. The summed E-state index contributed by atoms with van der Waals surface area (Å²) in [6.07, 6.45) is 0. The third-order valence-corrected chi connectivity index (χ3v) is 4.65. The monoisotopic (exact) mass is 302 g/mol. The molecule has 1 aromatic carbocycles. The Morgan fingerprint density at radius 1 is 1.38 bits per heavy atom. The van der Waals surface area contributed by atoms with Crippen LogP contribution in [-0.4, -0.2) is 17.1 Å². The largest absolute Gasteiger partial charge is 0.462 e. The van der Waals surface area contributed by atoms with Crippen molar-refractivity contribution in [3.05, 3.63) is 39.5 Å². The number of carbonyl (C=O) groups excluding carboxylic acids is 1. The minimum atomic E-state index is -0.484. The molecule has 0 fully saturated rings. The number of para-hydroxylation sites is 1. The number of aryl methyl sites for hydroxylation is 1. The zero-order valence-electron chi connectivity index (χ0n) is 11.7. The van der Waals surface area contributed by atoms with Crippen LogP contribution in [0.15, 0.2) is 29.1 Å². The molecule has 0 bridgehead atoms. The topological polar surface area (TPSA) is 74.3 Å². The van der Waals surface area contributed by atoms with Gasteiger partial charge in [-0.25, -0.2) is 4.79 Å². The van der Waals surface area contributed by atoms with Gasteiger partial charge in [0.1, 0.15) is 4.88 Å². The summed E-state index contributed by atoms with van der Waals surface area (Å²) in [5.41, 5.74) is 6.85. The number of fused-ring (bicyclic) bond motifs is 3. The number of hydrogen-bond donors (Lipinski definition) is 1. The molecule has 0 saturated carbocycles. The van der Waals surface area contributed by atoms with Gasteiger partial charge in [0.05, 0.1) is 27.9 Å².